The van der Waals surface area contributed by atoms with E-state index in [0.29, 0.717) is 0 Å². The average molecular weight is 97.0 g/mol. The van der Waals surface area contributed by atoms with Crippen molar-refractivity contribution in [3.8, 4) is 0 Å². The first kappa shape index (κ1) is 7.02. The second-order valence-corrected chi connectivity index (χ2v) is 1.95. The Labute approximate surface area is 47.1 Å². The minimum atomic E-state index is 0.804. The van der Waals surface area contributed by atoms with E-state index in [1.54, 1.807) is 0 Å². The molecule has 1 nitrogen and oxygen atoms in total. The van der Waals surface area contributed by atoms with E-state index < -0.39 is 0 Å². The minimum Gasteiger partial charge on any atom is -0.309 e. The smallest absolute Gasteiger partial charge is 0.0653 e. The summed E-state index contributed by atoms with van der Waals surface area (Å²) in [7, 11) is 9.35. The van der Waals surface area contributed by atoms with Crippen molar-refractivity contribution in [1.82, 2.24) is 4.90 Å². The van der Waals surface area contributed by atoms with Gasteiger partial charge in [-0.2, -0.15) is 0 Å². The summed E-state index contributed by atoms with van der Waals surface area (Å²) < 4.78 is 0. The highest BCUT2D eigenvalue weighted by Crippen LogP contribution is 1.84. The molecule has 0 fully saturated rings. The predicted octanol–water partition coefficient (Wildman–Crippen LogP) is 0.525. The highest BCUT2D eigenvalue weighted by Gasteiger charge is 1.83. The molecule has 2 heteroatoms. The van der Waals surface area contributed by atoms with Crippen LogP contribution in [-0.4, -0.2) is 33.4 Å². The van der Waals surface area contributed by atoms with Crippen molar-refractivity contribution in [2.24, 2.45) is 0 Å². The number of rotatable bonds is 3. The summed E-state index contributed by atoms with van der Waals surface area (Å²) in [5.41, 5.74) is 0. The molecule has 7 heavy (non-hydrogen) atoms. The van der Waals surface area contributed by atoms with E-state index in [9.17, 15) is 0 Å². The second kappa shape index (κ2) is 4.19. The zero-order valence-electron chi connectivity index (χ0n) is 5.15. The maximum absolute atomic E-state index is 5.25. The van der Waals surface area contributed by atoms with E-state index in [0.717, 1.165) is 19.3 Å². The Morgan fingerprint density at radius 1 is 1.43 bits per heavy atom. The third kappa shape index (κ3) is 6.02. The predicted molar refractivity (Wildman–Crippen MR) is 33.7 cm³/mol. The molecule has 0 atom stereocenters. The van der Waals surface area contributed by atoms with Crippen LogP contribution in [0.3, 0.4) is 0 Å². The average Bonchev–Trinajstić information content (AvgIpc) is 1.61. The third-order valence-corrected chi connectivity index (χ3v) is 0.809. The van der Waals surface area contributed by atoms with Gasteiger partial charge in [0, 0.05) is 0 Å². The molecule has 0 amide bonds. The molecular formula is C5H12BN. The highest BCUT2D eigenvalue weighted by molar-refractivity contribution is 6.08. The summed E-state index contributed by atoms with van der Waals surface area (Å²) in [5, 5.41) is 0. The molecular weight excluding hydrogens is 84.9 g/mol. The van der Waals surface area contributed by atoms with Crippen LogP contribution in [0.15, 0.2) is 0 Å². The van der Waals surface area contributed by atoms with E-state index >= 15 is 0 Å². The van der Waals surface area contributed by atoms with Crippen molar-refractivity contribution in [3.63, 3.8) is 0 Å². The van der Waals surface area contributed by atoms with Crippen molar-refractivity contribution < 1.29 is 0 Å². The van der Waals surface area contributed by atoms with E-state index in [1.807, 2.05) is 0 Å². The molecule has 2 radical (unpaired) electrons. The van der Waals surface area contributed by atoms with Gasteiger partial charge in [0.15, 0.2) is 0 Å². The van der Waals surface area contributed by atoms with Gasteiger partial charge in [-0.25, -0.2) is 0 Å². The molecule has 0 heterocycles. The fourth-order valence-electron chi connectivity index (χ4n) is 0.408. The van der Waals surface area contributed by atoms with Crippen LogP contribution in [0.25, 0.3) is 0 Å². The molecule has 0 unspecified atom stereocenters. The van der Waals surface area contributed by atoms with Gasteiger partial charge in [0.2, 0.25) is 0 Å². The first-order valence-electron chi connectivity index (χ1n) is 2.62. The van der Waals surface area contributed by atoms with Crippen molar-refractivity contribution >= 4 is 7.85 Å². The van der Waals surface area contributed by atoms with Gasteiger partial charge >= 0.3 is 0 Å². The van der Waals surface area contributed by atoms with Gasteiger partial charge in [-0.1, -0.05) is 6.32 Å². The number of nitrogens with zero attached hydrogens (tertiary/aromatic N) is 1. The van der Waals surface area contributed by atoms with Crippen LogP contribution in [0, 0.1) is 0 Å². The van der Waals surface area contributed by atoms with E-state index in [4.69, 9.17) is 7.85 Å². The monoisotopic (exact) mass is 97.1 g/mol. The van der Waals surface area contributed by atoms with E-state index in [1.165, 1.54) is 0 Å². The maximum Gasteiger partial charge on any atom is 0.0653 e. The van der Waals surface area contributed by atoms with Gasteiger partial charge in [0.25, 0.3) is 0 Å². The molecule has 0 spiro atoms. The molecule has 0 N–H and O–H groups in total. The zero-order chi connectivity index (χ0) is 5.70. The normalized spacial score (nSPS) is 10.1. The molecule has 0 aliphatic rings. The van der Waals surface area contributed by atoms with Gasteiger partial charge in [-0.05, 0) is 27.1 Å². The van der Waals surface area contributed by atoms with Crippen LogP contribution < -0.4 is 0 Å². The van der Waals surface area contributed by atoms with Crippen molar-refractivity contribution in [2.75, 3.05) is 20.6 Å². The number of hydrogen-bond acceptors (Lipinski definition) is 1. The topological polar surface area (TPSA) is 3.24 Å². The standard InChI is InChI=1S/C5H12BN/c1-7(2)5-3-4-6/h3-5H2,1-2H3. The quantitative estimate of drug-likeness (QED) is 0.464. The largest absolute Gasteiger partial charge is 0.309 e. The van der Waals surface area contributed by atoms with Gasteiger partial charge in [0.05, 0.1) is 7.85 Å². The summed E-state index contributed by atoms with van der Waals surface area (Å²) in [4.78, 5) is 2.13. The summed E-state index contributed by atoms with van der Waals surface area (Å²) in [6.07, 6.45) is 1.91. The van der Waals surface area contributed by atoms with Crippen LogP contribution in [0.4, 0.5) is 0 Å². The van der Waals surface area contributed by atoms with Crippen LogP contribution in [0.2, 0.25) is 6.32 Å². The summed E-state index contributed by atoms with van der Waals surface area (Å²) in [6.45, 7) is 1.11. The molecule has 0 bridgehead atoms. The second-order valence-electron chi connectivity index (χ2n) is 1.95. The maximum atomic E-state index is 5.25. The molecule has 0 saturated carbocycles. The van der Waals surface area contributed by atoms with Crippen molar-refractivity contribution in [3.05, 3.63) is 0 Å². The Bertz CT molecular complexity index is 37.1. The lowest BCUT2D eigenvalue weighted by Crippen LogP contribution is -2.12. The van der Waals surface area contributed by atoms with Gasteiger partial charge in [-0.3, -0.25) is 0 Å². The van der Waals surface area contributed by atoms with Crippen LogP contribution in [-0.2, 0) is 0 Å². The molecule has 0 aromatic rings. The Hall–Kier alpha value is 0.0249. The van der Waals surface area contributed by atoms with Crippen molar-refractivity contribution in [1.29, 1.82) is 0 Å². The Balaban J connectivity index is 2.68. The first-order valence-corrected chi connectivity index (χ1v) is 2.62. The lowest BCUT2D eigenvalue weighted by Gasteiger charge is -2.05. The van der Waals surface area contributed by atoms with Crippen LogP contribution >= 0.6 is 0 Å². The Morgan fingerprint density at radius 3 is 2.14 bits per heavy atom. The lowest BCUT2D eigenvalue weighted by atomic mass is 10.0. The summed E-state index contributed by atoms with van der Waals surface area (Å²) in [6, 6.07) is 0. The Kier molecular flexibility index (Phi) is 4.21. The fraction of sp³-hybridized carbons (Fsp3) is 1.00. The molecule has 0 saturated heterocycles. The van der Waals surface area contributed by atoms with E-state index in [2.05, 4.69) is 19.0 Å². The molecule has 0 aliphatic carbocycles. The molecule has 0 aromatic carbocycles. The van der Waals surface area contributed by atoms with Gasteiger partial charge in [0.1, 0.15) is 0 Å². The lowest BCUT2D eigenvalue weighted by molar-refractivity contribution is 0.408. The molecule has 0 aromatic heterocycles. The first-order chi connectivity index (χ1) is 3.27. The molecule has 0 aliphatic heterocycles. The van der Waals surface area contributed by atoms with Crippen LogP contribution in [0.5, 0.6) is 0 Å². The third-order valence-electron chi connectivity index (χ3n) is 0.809. The zero-order valence-corrected chi connectivity index (χ0v) is 5.15. The molecule has 0 rings (SSSR count). The minimum absolute atomic E-state index is 0.804. The summed E-state index contributed by atoms with van der Waals surface area (Å²) in [5.74, 6) is 0. The number of hydrogen-bond donors (Lipinski definition) is 0. The van der Waals surface area contributed by atoms with E-state index in [-0.39, 0.29) is 0 Å². The highest BCUT2D eigenvalue weighted by atomic mass is 15.0. The fourth-order valence-corrected chi connectivity index (χ4v) is 0.408. The van der Waals surface area contributed by atoms with Gasteiger partial charge in [-0.15, -0.1) is 0 Å². The Morgan fingerprint density at radius 2 is 2.00 bits per heavy atom. The van der Waals surface area contributed by atoms with Crippen LogP contribution in [0.1, 0.15) is 6.42 Å². The SMILES string of the molecule is [B]CCCN(C)C. The van der Waals surface area contributed by atoms with Gasteiger partial charge < -0.3 is 4.90 Å². The van der Waals surface area contributed by atoms with Crippen molar-refractivity contribution in [2.45, 2.75) is 12.7 Å². The summed E-state index contributed by atoms with van der Waals surface area (Å²) >= 11 is 0. The molecule has 40 valence electrons.